The van der Waals surface area contributed by atoms with Crippen LogP contribution >= 0.6 is 27.3 Å². The van der Waals surface area contributed by atoms with E-state index >= 15 is 0 Å². The smallest absolute Gasteiger partial charge is 0.328 e. The van der Waals surface area contributed by atoms with E-state index in [9.17, 15) is 4.79 Å². The maximum Gasteiger partial charge on any atom is 0.328 e. The zero-order chi connectivity index (χ0) is 15.4. The first kappa shape index (κ1) is 15.8. The summed E-state index contributed by atoms with van der Waals surface area (Å²) in [5.41, 5.74) is 3.10. The third kappa shape index (κ3) is 4.44. The Morgan fingerprint density at radius 1 is 1.43 bits per heavy atom. The van der Waals surface area contributed by atoms with E-state index in [0.29, 0.717) is 0 Å². The van der Waals surface area contributed by atoms with E-state index in [2.05, 4.69) is 45.4 Å². The van der Waals surface area contributed by atoms with E-state index in [1.165, 1.54) is 4.88 Å². The average molecular weight is 366 g/mol. The van der Waals surface area contributed by atoms with Crippen molar-refractivity contribution in [3.05, 3.63) is 56.2 Å². The molecule has 21 heavy (non-hydrogen) atoms. The molecule has 2 aromatic rings. The topological polar surface area (TPSA) is 40.5 Å². The number of hydrogen-bond acceptors (Lipinski definition) is 3. The van der Waals surface area contributed by atoms with Crippen molar-refractivity contribution in [3.8, 4) is 0 Å². The Kier molecular flexibility index (Phi) is 5.20. The highest BCUT2D eigenvalue weighted by Gasteiger charge is 2.06. The molecule has 1 heterocycles. The molecule has 0 bridgehead atoms. The molecule has 0 aliphatic carbocycles. The molecule has 1 aromatic heterocycles. The van der Waals surface area contributed by atoms with Crippen molar-refractivity contribution in [2.45, 2.75) is 13.5 Å². The number of rotatable bonds is 5. The minimum Gasteiger partial charge on any atom is -0.478 e. The highest BCUT2D eigenvalue weighted by Crippen LogP contribution is 2.24. The summed E-state index contributed by atoms with van der Waals surface area (Å²) in [6.07, 6.45) is 2.78. The summed E-state index contributed by atoms with van der Waals surface area (Å²) >= 11 is 5.19. The zero-order valence-electron chi connectivity index (χ0n) is 11.8. The van der Waals surface area contributed by atoms with Crippen LogP contribution in [0.3, 0.4) is 0 Å². The summed E-state index contributed by atoms with van der Waals surface area (Å²) in [6, 6.07) is 8.16. The molecule has 0 amide bonds. The van der Waals surface area contributed by atoms with Gasteiger partial charge in [0.05, 0.1) is 6.54 Å². The van der Waals surface area contributed by atoms with Crippen molar-refractivity contribution < 1.29 is 9.90 Å². The number of carboxylic acids is 1. The third-order valence-electron chi connectivity index (χ3n) is 3.11. The second-order valence-corrected chi connectivity index (χ2v) is 6.71. The standard InChI is InChI=1S/C16H16BrNO2S/c1-11-7-14(5-3-12(11)4-6-16(19)20)18(2)9-15-8-13(17)10-21-15/h3-8,10H,9H2,1-2H3,(H,19,20). The molecule has 0 radical (unpaired) electrons. The Morgan fingerprint density at radius 3 is 2.76 bits per heavy atom. The number of anilines is 1. The molecule has 0 aliphatic heterocycles. The quantitative estimate of drug-likeness (QED) is 0.789. The predicted octanol–water partition coefficient (Wildman–Crippen LogP) is 4.55. The van der Waals surface area contributed by atoms with Crippen LogP contribution in [0.25, 0.3) is 6.08 Å². The van der Waals surface area contributed by atoms with Crippen LogP contribution in [0, 0.1) is 6.92 Å². The molecule has 1 N–H and O–H groups in total. The van der Waals surface area contributed by atoms with Gasteiger partial charge in [0.1, 0.15) is 0 Å². The summed E-state index contributed by atoms with van der Waals surface area (Å²) in [6.45, 7) is 2.83. The lowest BCUT2D eigenvalue weighted by Crippen LogP contribution is -2.15. The maximum atomic E-state index is 10.6. The van der Waals surface area contributed by atoms with Crippen molar-refractivity contribution in [2.24, 2.45) is 0 Å². The van der Waals surface area contributed by atoms with E-state index in [4.69, 9.17) is 5.11 Å². The fourth-order valence-corrected chi connectivity index (χ4v) is 3.51. The van der Waals surface area contributed by atoms with Gasteiger partial charge in [0.15, 0.2) is 0 Å². The number of aliphatic carboxylic acids is 1. The minimum atomic E-state index is -0.932. The van der Waals surface area contributed by atoms with Crippen molar-refractivity contribution in [3.63, 3.8) is 0 Å². The van der Waals surface area contributed by atoms with Gasteiger partial charge < -0.3 is 10.0 Å². The van der Waals surface area contributed by atoms with Gasteiger partial charge in [-0.05, 0) is 58.3 Å². The molecule has 3 nitrogen and oxygen atoms in total. The highest BCUT2D eigenvalue weighted by atomic mass is 79.9. The Hall–Kier alpha value is -1.59. The normalized spacial score (nSPS) is 11.0. The number of thiophene rings is 1. The summed E-state index contributed by atoms with van der Waals surface area (Å²) in [5, 5.41) is 10.8. The Balaban J connectivity index is 2.13. The number of benzene rings is 1. The number of aryl methyl sites for hydroxylation is 1. The molecule has 0 fully saturated rings. The van der Waals surface area contributed by atoms with E-state index in [-0.39, 0.29) is 0 Å². The zero-order valence-corrected chi connectivity index (χ0v) is 14.2. The first-order valence-corrected chi connectivity index (χ1v) is 8.08. The first-order chi connectivity index (χ1) is 9.95. The third-order valence-corrected chi connectivity index (χ3v) is 4.80. The van der Waals surface area contributed by atoms with E-state index in [1.54, 1.807) is 17.4 Å². The molecule has 0 unspecified atom stereocenters. The molecular weight excluding hydrogens is 350 g/mol. The van der Waals surface area contributed by atoms with Crippen molar-refractivity contribution in [1.29, 1.82) is 0 Å². The maximum absolute atomic E-state index is 10.6. The number of halogens is 1. The van der Waals surface area contributed by atoms with Gasteiger partial charge in [0.25, 0.3) is 0 Å². The Morgan fingerprint density at radius 2 is 2.19 bits per heavy atom. The van der Waals surface area contributed by atoms with Gasteiger partial charge in [-0.15, -0.1) is 11.3 Å². The number of carboxylic acid groups (broad SMARTS) is 1. The van der Waals surface area contributed by atoms with Crippen LogP contribution in [-0.2, 0) is 11.3 Å². The molecule has 2 rings (SSSR count). The first-order valence-electron chi connectivity index (χ1n) is 6.41. The van der Waals surface area contributed by atoms with Gasteiger partial charge in [0.2, 0.25) is 0 Å². The molecule has 110 valence electrons. The van der Waals surface area contributed by atoms with Gasteiger partial charge in [-0.3, -0.25) is 0 Å². The van der Waals surface area contributed by atoms with E-state index in [0.717, 1.165) is 33.9 Å². The summed E-state index contributed by atoms with van der Waals surface area (Å²) in [7, 11) is 2.05. The molecule has 0 saturated carbocycles. The molecule has 1 aromatic carbocycles. The van der Waals surface area contributed by atoms with Crippen molar-refractivity contribution in [1.82, 2.24) is 0 Å². The van der Waals surface area contributed by atoms with Gasteiger partial charge in [-0.25, -0.2) is 4.79 Å². The monoisotopic (exact) mass is 365 g/mol. The Bertz CT molecular complexity index is 679. The fourth-order valence-electron chi connectivity index (χ4n) is 2.01. The molecular formula is C16H16BrNO2S. The largest absolute Gasteiger partial charge is 0.478 e. The molecule has 0 aliphatic rings. The lowest BCUT2D eigenvalue weighted by molar-refractivity contribution is -0.131. The molecule has 0 atom stereocenters. The molecule has 0 saturated heterocycles. The second kappa shape index (κ2) is 6.91. The van der Waals surface area contributed by atoms with Gasteiger partial charge in [-0.2, -0.15) is 0 Å². The summed E-state index contributed by atoms with van der Waals surface area (Å²) in [5.74, 6) is -0.932. The number of carbonyl (C=O) groups is 1. The lowest BCUT2D eigenvalue weighted by Gasteiger charge is -2.19. The van der Waals surface area contributed by atoms with Crippen LogP contribution in [0.15, 0.2) is 40.2 Å². The number of nitrogens with zero attached hydrogens (tertiary/aromatic N) is 1. The van der Waals surface area contributed by atoms with Crippen LogP contribution in [0.4, 0.5) is 5.69 Å². The summed E-state index contributed by atoms with van der Waals surface area (Å²) < 4.78 is 1.11. The van der Waals surface area contributed by atoms with Crippen LogP contribution < -0.4 is 4.90 Å². The van der Waals surface area contributed by atoms with Crippen LogP contribution in [0.2, 0.25) is 0 Å². The van der Waals surface area contributed by atoms with Gasteiger partial charge in [0, 0.05) is 33.5 Å². The SMILES string of the molecule is Cc1cc(N(C)Cc2cc(Br)cs2)ccc1C=CC(=O)O. The van der Waals surface area contributed by atoms with Crippen molar-refractivity contribution >= 4 is 45.0 Å². The van der Waals surface area contributed by atoms with E-state index in [1.807, 2.05) is 19.1 Å². The highest BCUT2D eigenvalue weighted by molar-refractivity contribution is 9.10. The average Bonchev–Trinajstić information content (AvgIpc) is 2.82. The molecule has 0 spiro atoms. The van der Waals surface area contributed by atoms with Crippen molar-refractivity contribution in [2.75, 3.05) is 11.9 Å². The van der Waals surface area contributed by atoms with Gasteiger partial charge in [-0.1, -0.05) is 6.07 Å². The van der Waals surface area contributed by atoms with Gasteiger partial charge >= 0.3 is 5.97 Å². The van der Waals surface area contributed by atoms with Crippen LogP contribution in [0.5, 0.6) is 0 Å². The number of hydrogen-bond donors (Lipinski definition) is 1. The minimum absolute atomic E-state index is 0.847. The fraction of sp³-hybridized carbons (Fsp3) is 0.188. The second-order valence-electron chi connectivity index (χ2n) is 4.80. The Labute approximate surface area is 136 Å². The predicted molar refractivity (Wildman–Crippen MR) is 92.0 cm³/mol. The molecule has 5 heteroatoms. The van der Waals surface area contributed by atoms with Crippen LogP contribution in [0.1, 0.15) is 16.0 Å². The van der Waals surface area contributed by atoms with Crippen LogP contribution in [-0.4, -0.2) is 18.1 Å². The summed E-state index contributed by atoms with van der Waals surface area (Å²) in [4.78, 5) is 14.0. The lowest BCUT2D eigenvalue weighted by atomic mass is 10.1. The van der Waals surface area contributed by atoms with E-state index < -0.39 is 5.97 Å².